The molecule has 0 spiro atoms. The number of thioether (sulfide) groups is 1. The molecular weight excluding hydrogens is 411 g/mol. The number of aliphatic imine (C=N–C) groups is 1. The molecule has 1 aliphatic heterocycles. The average molecular weight is 433 g/mol. The van der Waals surface area contributed by atoms with Crippen LogP contribution in [0.1, 0.15) is 48.7 Å². The number of amides is 1. The van der Waals surface area contributed by atoms with E-state index in [1.54, 1.807) is 18.2 Å². The van der Waals surface area contributed by atoms with Crippen LogP contribution in [0.5, 0.6) is 0 Å². The van der Waals surface area contributed by atoms with Crippen LogP contribution in [0.4, 0.5) is 10.1 Å². The lowest BCUT2D eigenvalue weighted by atomic mass is 9.60. The molecule has 2 atom stereocenters. The largest absolute Gasteiger partial charge is 0.379 e. The number of fused-ring (bicyclic) bond motifs is 1. The van der Waals surface area contributed by atoms with E-state index >= 15 is 4.39 Å². The van der Waals surface area contributed by atoms with Crippen molar-refractivity contribution in [1.29, 1.82) is 0 Å². The zero-order valence-electron chi connectivity index (χ0n) is 16.0. The standard InChI is InChI=1S/C21H22ClFN4OS/c1-20-8-2-3-9-21(20,27-19(24)29-12-20)14-11-13(6-7-16(14)23)26-18(28)17-15(22)5-4-10-25-17/h4-7,10-11H,2-3,8-9,12H2,1H3,(H2,24,27)(H,26,28)/t20-,21+/m0/s1. The maximum atomic E-state index is 15.1. The number of amidine groups is 1. The van der Waals surface area contributed by atoms with Crippen molar-refractivity contribution < 1.29 is 9.18 Å². The van der Waals surface area contributed by atoms with E-state index in [1.807, 2.05) is 0 Å². The molecule has 5 nitrogen and oxygen atoms in total. The van der Waals surface area contributed by atoms with Gasteiger partial charge in [0, 0.05) is 28.6 Å². The van der Waals surface area contributed by atoms with E-state index in [4.69, 9.17) is 22.3 Å². The van der Waals surface area contributed by atoms with E-state index in [2.05, 4.69) is 17.2 Å². The van der Waals surface area contributed by atoms with Crippen molar-refractivity contribution in [1.82, 2.24) is 4.98 Å². The highest BCUT2D eigenvalue weighted by molar-refractivity contribution is 8.13. The molecule has 152 valence electrons. The molecule has 1 saturated carbocycles. The number of carbonyl (C=O) groups is 1. The fourth-order valence-corrected chi connectivity index (χ4v) is 5.70. The first-order valence-electron chi connectivity index (χ1n) is 9.55. The molecule has 29 heavy (non-hydrogen) atoms. The lowest BCUT2D eigenvalue weighted by Gasteiger charge is -2.52. The van der Waals surface area contributed by atoms with E-state index < -0.39 is 11.4 Å². The summed E-state index contributed by atoms with van der Waals surface area (Å²) in [4.78, 5) is 21.4. The highest BCUT2D eigenvalue weighted by Gasteiger charge is 2.54. The number of nitrogens with one attached hydrogen (secondary N) is 1. The van der Waals surface area contributed by atoms with Crippen LogP contribution in [0.3, 0.4) is 0 Å². The van der Waals surface area contributed by atoms with Gasteiger partial charge in [-0.1, -0.05) is 43.1 Å². The molecule has 1 aliphatic carbocycles. The number of rotatable bonds is 3. The molecule has 0 radical (unpaired) electrons. The third-order valence-corrected chi connectivity index (χ3v) is 7.47. The Balaban J connectivity index is 1.74. The van der Waals surface area contributed by atoms with Crippen molar-refractivity contribution in [3.63, 3.8) is 0 Å². The minimum absolute atomic E-state index is 0.122. The first-order chi connectivity index (χ1) is 13.8. The molecule has 0 unspecified atom stereocenters. The molecule has 0 saturated heterocycles. The molecule has 1 amide bonds. The Morgan fingerprint density at radius 3 is 2.90 bits per heavy atom. The van der Waals surface area contributed by atoms with Gasteiger partial charge in [0.1, 0.15) is 11.5 Å². The number of hydrogen-bond acceptors (Lipinski definition) is 5. The molecule has 2 aromatic rings. The van der Waals surface area contributed by atoms with Crippen LogP contribution >= 0.6 is 23.4 Å². The van der Waals surface area contributed by atoms with Crippen LogP contribution in [-0.4, -0.2) is 21.8 Å². The van der Waals surface area contributed by atoms with E-state index in [9.17, 15) is 4.79 Å². The fraction of sp³-hybridized carbons (Fsp3) is 0.381. The van der Waals surface area contributed by atoms with E-state index in [0.29, 0.717) is 16.4 Å². The van der Waals surface area contributed by atoms with Crippen LogP contribution in [0, 0.1) is 11.2 Å². The van der Waals surface area contributed by atoms with Crippen LogP contribution in [0.2, 0.25) is 5.02 Å². The Kier molecular flexibility index (Phi) is 5.29. The number of pyridine rings is 1. The Morgan fingerprint density at radius 2 is 2.10 bits per heavy atom. The summed E-state index contributed by atoms with van der Waals surface area (Å²) >= 11 is 7.60. The highest BCUT2D eigenvalue weighted by Crippen LogP contribution is 2.57. The van der Waals surface area contributed by atoms with Crippen molar-refractivity contribution in [2.24, 2.45) is 16.1 Å². The molecule has 2 aliphatic rings. The number of anilines is 1. The zero-order valence-corrected chi connectivity index (χ0v) is 17.6. The maximum Gasteiger partial charge on any atom is 0.275 e. The predicted molar refractivity (Wildman–Crippen MR) is 116 cm³/mol. The summed E-state index contributed by atoms with van der Waals surface area (Å²) in [5, 5.41) is 3.53. The van der Waals surface area contributed by atoms with Crippen molar-refractivity contribution >= 4 is 40.1 Å². The number of nitrogens with two attached hydrogens (primary N) is 1. The highest BCUT2D eigenvalue weighted by atomic mass is 35.5. The van der Waals surface area contributed by atoms with Gasteiger partial charge in [0.05, 0.1) is 10.6 Å². The van der Waals surface area contributed by atoms with Gasteiger partial charge in [-0.15, -0.1) is 0 Å². The van der Waals surface area contributed by atoms with Crippen LogP contribution < -0.4 is 11.1 Å². The quantitative estimate of drug-likeness (QED) is 0.718. The van der Waals surface area contributed by atoms with Gasteiger partial charge in [0.2, 0.25) is 0 Å². The summed E-state index contributed by atoms with van der Waals surface area (Å²) < 4.78 is 15.1. The second-order valence-electron chi connectivity index (χ2n) is 7.85. The van der Waals surface area contributed by atoms with Crippen LogP contribution in [0.25, 0.3) is 0 Å². The van der Waals surface area contributed by atoms with Crippen molar-refractivity contribution in [3.05, 3.63) is 58.6 Å². The van der Waals surface area contributed by atoms with Gasteiger partial charge in [0.25, 0.3) is 5.91 Å². The first kappa shape index (κ1) is 20.2. The van der Waals surface area contributed by atoms with Crippen molar-refractivity contribution in [2.75, 3.05) is 11.1 Å². The SMILES string of the molecule is C[C@@]12CCCC[C@]1(c1cc(NC(=O)c3ncccc3Cl)ccc1F)N=C(N)SC2. The second-order valence-corrected chi connectivity index (χ2v) is 9.25. The summed E-state index contributed by atoms with van der Waals surface area (Å²) in [5.41, 5.74) is 6.23. The van der Waals surface area contributed by atoms with E-state index in [1.165, 1.54) is 30.1 Å². The number of aromatic nitrogens is 1. The second kappa shape index (κ2) is 7.61. The lowest BCUT2D eigenvalue weighted by Crippen LogP contribution is -2.50. The average Bonchev–Trinajstić information content (AvgIpc) is 2.70. The molecule has 1 fully saturated rings. The summed E-state index contributed by atoms with van der Waals surface area (Å²) in [6.45, 7) is 2.16. The minimum Gasteiger partial charge on any atom is -0.379 e. The Morgan fingerprint density at radius 1 is 1.31 bits per heavy atom. The normalized spacial score (nSPS) is 26.4. The molecular formula is C21H22ClFN4OS. The molecule has 8 heteroatoms. The van der Waals surface area contributed by atoms with Gasteiger partial charge in [-0.3, -0.25) is 9.79 Å². The van der Waals surface area contributed by atoms with E-state index in [-0.39, 0.29) is 21.9 Å². The Bertz CT molecular complexity index is 1000. The molecule has 3 N–H and O–H groups in total. The van der Waals surface area contributed by atoms with Gasteiger partial charge < -0.3 is 11.1 Å². The smallest absolute Gasteiger partial charge is 0.275 e. The number of carbonyl (C=O) groups excluding carboxylic acids is 1. The topological polar surface area (TPSA) is 80.4 Å². The van der Waals surface area contributed by atoms with Crippen molar-refractivity contribution in [3.8, 4) is 0 Å². The van der Waals surface area contributed by atoms with Crippen molar-refractivity contribution in [2.45, 2.75) is 38.1 Å². The third kappa shape index (κ3) is 3.51. The van der Waals surface area contributed by atoms with Gasteiger partial charge >= 0.3 is 0 Å². The predicted octanol–water partition coefficient (Wildman–Crippen LogP) is 4.96. The molecule has 1 aromatic heterocycles. The monoisotopic (exact) mass is 432 g/mol. The number of hydrogen-bond donors (Lipinski definition) is 2. The maximum absolute atomic E-state index is 15.1. The first-order valence-corrected chi connectivity index (χ1v) is 10.9. The molecule has 1 aromatic carbocycles. The summed E-state index contributed by atoms with van der Waals surface area (Å²) in [6, 6.07) is 7.85. The summed E-state index contributed by atoms with van der Waals surface area (Å²) in [6.07, 6.45) is 5.23. The van der Waals surface area contributed by atoms with E-state index in [0.717, 1.165) is 31.4 Å². The number of nitrogens with zero attached hydrogens (tertiary/aromatic N) is 2. The van der Waals surface area contributed by atoms with Crippen LogP contribution in [0.15, 0.2) is 41.5 Å². The third-order valence-electron chi connectivity index (χ3n) is 6.00. The summed E-state index contributed by atoms with van der Waals surface area (Å²) in [7, 11) is 0. The van der Waals surface area contributed by atoms with Gasteiger partial charge in [0.15, 0.2) is 5.17 Å². The Hall–Kier alpha value is -2.12. The lowest BCUT2D eigenvalue weighted by molar-refractivity contribution is 0.0999. The van der Waals surface area contributed by atoms with Gasteiger partial charge in [-0.25, -0.2) is 9.37 Å². The summed E-state index contributed by atoms with van der Waals surface area (Å²) in [5.74, 6) is 0.0109. The molecule has 4 rings (SSSR count). The van der Waals surface area contributed by atoms with Crippen LogP contribution in [-0.2, 0) is 5.54 Å². The molecule has 0 bridgehead atoms. The minimum atomic E-state index is -0.728. The number of benzene rings is 1. The van der Waals surface area contributed by atoms with Gasteiger partial charge in [-0.05, 0) is 43.2 Å². The number of halogens is 2. The molecule has 2 heterocycles. The van der Waals surface area contributed by atoms with Gasteiger partial charge in [-0.2, -0.15) is 0 Å². The Labute approximate surface area is 178 Å². The fourth-order valence-electron chi connectivity index (χ4n) is 4.42. The zero-order chi connectivity index (χ0) is 20.6.